The summed E-state index contributed by atoms with van der Waals surface area (Å²) in [7, 11) is -10.6. The predicted octanol–water partition coefficient (Wildman–Crippen LogP) is 0.109. The molecule has 0 heterocycles. The Morgan fingerprint density at radius 3 is 2.33 bits per heavy atom. The molecule has 12 nitrogen and oxygen atoms in total. The van der Waals surface area contributed by atoms with E-state index in [1.165, 1.54) is 0 Å². The summed E-state index contributed by atoms with van der Waals surface area (Å²) < 4.78 is 11.2. The summed E-state index contributed by atoms with van der Waals surface area (Å²) in [6, 6.07) is 0. The number of nitrogens with one attached hydrogen (secondary N) is 1. The Labute approximate surface area is 139 Å². The highest BCUT2D eigenvalue weighted by atomic mass is 31.3. The minimum Gasteiger partial charge on any atom is -0.379 e. The van der Waals surface area contributed by atoms with Gasteiger partial charge in [0.1, 0.15) is 6.23 Å². The molecule has 142 valence electrons. The fourth-order valence-corrected chi connectivity index (χ4v) is 4.21. The first-order chi connectivity index (χ1) is 11.0. The van der Waals surface area contributed by atoms with Crippen LogP contribution in [-0.4, -0.2) is 59.1 Å². The highest BCUT2D eigenvalue weighted by molar-refractivity contribution is 7.75. The second kappa shape index (κ2) is 10.6. The molecule has 0 radical (unpaired) electrons. The lowest BCUT2D eigenvalue weighted by molar-refractivity contribution is 0.100. The molecule has 1 unspecified atom stereocenters. The molecule has 2 atom stereocenters. The minimum absolute atomic E-state index is 0.0300. The molecule has 0 amide bonds. The van der Waals surface area contributed by atoms with Gasteiger partial charge in [-0.25, -0.2) is 0 Å². The van der Waals surface area contributed by atoms with E-state index in [4.69, 9.17) is 30.0 Å². The van der Waals surface area contributed by atoms with Crippen LogP contribution in [0.3, 0.4) is 0 Å². The normalized spacial score (nSPS) is 16.3. The third-order valence-electron chi connectivity index (χ3n) is 3.31. The lowest BCUT2D eigenvalue weighted by atomic mass is 10.2. The highest BCUT2D eigenvalue weighted by Gasteiger charge is 2.69. The van der Waals surface area contributed by atoms with Crippen LogP contribution < -0.4 is 5.32 Å². The van der Waals surface area contributed by atoms with Crippen molar-refractivity contribution < 1.29 is 39.2 Å². The van der Waals surface area contributed by atoms with Crippen molar-refractivity contribution in [1.82, 2.24) is 5.32 Å². The van der Waals surface area contributed by atoms with Gasteiger partial charge in [-0.15, -0.1) is 0 Å². The van der Waals surface area contributed by atoms with Crippen LogP contribution in [0.4, 0.5) is 0 Å². The monoisotopic (exact) mass is 391 g/mol. The van der Waals surface area contributed by atoms with E-state index in [2.05, 4.69) is 15.3 Å². The van der Waals surface area contributed by atoms with Crippen molar-refractivity contribution in [2.75, 3.05) is 13.1 Å². The van der Waals surface area contributed by atoms with Crippen LogP contribution in [0.15, 0.2) is 5.11 Å². The summed E-state index contributed by atoms with van der Waals surface area (Å²) in [6.45, 7) is 0.414. The van der Waals surface area contributed by atoms with Crippen molar-refractivity contribution in [3.05, 3.63) is 10.4 Å². The Kier molecular flexibility index (Phi) is 10.4. The molecule has 8 N–H and O–H groups in total. The first-order valence-electron chi connectivity index (χ1n) is 7.23. The smallest absolute Gasteiger partial charge is 0.379 e. The van der Waals surface area contributed by atoms with Gasteiger partial charge in [0.05, 0.1) is 0 Å². The third-order valence-corrected chi connectivity index (χ3v) is 7.24. The van der Waals surface area contributed by atoms with Gasteiger partial charge in [-0.3, -0.25) is 9.88 Å². The van der Waals surface area contributed by atoms with Crippen LogP contribution in [0, 0.1) is 0 Å². The molecule has 14 heteroatoms. The van der Waals surface area contributed by atoms with Crippen molar-refractivity contribution in [3.8, 4) is 0 Å². The van der Waals surface area contributed by atoms with E-state index in [1.807, 2.05) is 0 Å². The van der Waals surface area contributed by atoms with Crippen molar-refractivity contribution in [3.63, 3.8) is 0 Å². The molecule has 0 aromatic carbocycles. The molecular weight excluding hydrogens is 366 g/mol. The molecule has 0 aliphatic rings. The summed E-state index contributed by atoms with van der Waals surface area (Å²) in [6.07, 6.45) is 0.739. The number of hydrogen-bond donors (Lipinski definition) is 8. The molecule has 0 fully saturated rings. The lowest BCUT2D eigenvalue weighted by Gasteiger charge is -2.27. The van der Waals surface area contributed by atoms with Gasteiger partial charge < -0.3 is 20.0 Å². The maximum atomic E-state index is 11.2. The number of azide groups is 1. The summed E-state index contributed by atoms with van der Waals surface area (Å²) in [5.74, 6) is 0. The van der Waals surface area contributed by atoms with Gasteiger partial charge in [-0.05, 0) is 37.8 Å². The molecule has 0 rings (SSSR count). The molecule has 24 heavy (non-hydrogen) atoms. The average molecular weight is 391 g/mol. The standard InChI is InChI=1S/C10H24N4O8P2/c11-14-13-8-3-1-2-5-9(15)12-7-4-6-10(16,23(17,18)19)24(20,21)22/h9,12,15-19H,1-8H2,(H-,20,21,22)/p+1/t9-,10?/m1/s1. The molecule has 0 saturated heterocycles. The maximum absolute atomic E-state index is 11.2. The Balaban J connectivity index is 4.10. The van der Waals surface area contributed by atoms with Gasteiger partial charge in [0.15, 0.2) is 0 Å². The van der Waals surface area contributed by atoms with E-state index >= 15 is 0 Å². The fourth-order valence-electron chi connectivity index (χ4n) is 1.91. The Morgan fingerprint density at radius 1 is 1.21 bits per heavy atom. The molecule has 0 bridgehead atoms. The molecule has 0 aliphatic heterocycles. The second-order valence-electron chi connectivity index (χ2n) is 5.26. The molecule has 0 spiro atoms. The number of rotatable bonds is 13. The largest absolute Gasteiger partial charge is 0.451 e. The summed E-state index contributed by atoms with van der Waals surface area (Å²) in [4.78, 5) is 47.8. The molecular formula is C10H25N4O8P2+. The third kappa shape index (κ3) is 8.15. The van der Waals surface area contributed by atoms with Gasteiger partial charge in [0.2, 0.25) is 0 Å². The topological polar surface area (TPSA) is 219 Å². The number of nitrogens with zero attached hydrogens (tertiary/aromatic N) is 3. The predicted molar refractivity (Wildman–Crippen MR) is 86.3 cm³/mol. The minimum atomic E-state index is -5.37. The maximum Gasteiger partial charge on any atom is 0.451 e. The van der Waals surface area contributed by atoms with Crippen molar-refractivity contribution in [2.45, 2.75) is 49.8 Å². The molecule has 0 saturated carbocycles. The fraction of sp³-hybridized carbons (Fsp3) is 1.00. The Hall–Kier alpha value is -0.350. The van der Waals surface area contributed by atoms with E-state index < -0.39 is 33.3 Å². The quantitative estimate of drug-likeness (QED) is 0.0532. The summed E-state index contributed by atoms with van der Waals surface area (Å²) in [5, 5.41) is 22.0. The summed E-state index contributed by atoms with van der Waals surface area (Å²) >= 11 is 0. The van der Waals surface area contributed by atoms with E-state index in [-0.39, 0.29) is 13.0 Å². The van der Waals surface area contributed by atoms with Crippen molar-refractivity contribution in [1.29, 1.82) is 0 Å². The van der Waals surface area contributed by atoms with Crippen LogP contribution >= 0.6 is 15.5 Å². The number of hydrogen-bond acceptors (Lipinski definition) is 8. The Morgan fingerprint density at radius 2 is 1.83 bits per heavy atom. The van der Waals surface area contributed by atoms with Crippen LogP contribution in [0.5, 0.6) is 0 Å². The van der Waals surface area contributed by atoms with Crippen LogP contribution in [0.25, 0.3) is 10.4 Å². The number of aliphatic hydroxyl groups is 2. The SMILES string of the molecule is [N-]=[N+]=NCCCCC[C@@H](O)NCCCC(O)(P(=O)(O)O)[P+](O)(O)O. The van der Waals surface area contributed by atoms with Gasteiger partial charge in [0, 0.05) is 17.9 Å². The van der Waals surface area contributed by atoms with Gasteiger partial charge in [0.25, 0.3) is 0 Å². The molecule has 0 aromatic rings. The zero-order chi connectivity index (χ0) is 18.9. The van der Waals surface area contributed by atoms with Crippen LogP contribution in [-0.2, 0) is 4.57 Å². The number of aliphatic hydroxyl groups excluding tert-OH is 1. The zero-order valence-corrected chi connectivity index (χ0v) is 14.8. The van der Waals surface area contributed by atoms with E-state index in [0.29, 0.717) is 25.8 Å². The molecule has 0 aromatic heterocycles. The van der Waals surface area contributed by atoms with Crippen molar-refractivity contribution in [2.24, 2.45) is 5.11 Å². The van der Waals surface area contributed by atoms with E-state index in [0.717, 1.165) is 6.42 Å². The van der Waals surface area contributed by atoms with E-state index in [9.17, 15) is 14.8 Å². The van der Waals surface area contributed by atoms with Gasteiger partial charge in [-0.1, -0.05) is 11.5 Å². The lowest BCUT2D eigenvalue weighted by Crippen LogP contribution is -2.34. The van der Waals surface area contributed by atoms with Crippen LogP contribution in [0.2, 0.25) is 0 Å². The van der Waals surface area contributed by atoms with Gasteiger partial charge in [-0.2, -0.15) is 14.7 Å². The first kappa shape index (κ1) is 23.6. The number of unbranched alkanes of at least 4 members (excludes halogenated alkanes) is 2. The van der Waals surface area contributed by atoms with E-state index in [1.54, 1.807) is 0 Å². The zero-order valence-electron chi connectivity index (χ0n) is 13.0. The second-order valence-corrected chi connectivity index (χ2v) is 9.32. The van der Waals surface area contributed by atoms with Crippen LogP contribution in [0.1, 0.15) is 38.5 Å². The summed E-state index contributed by atoms with van der Waals surface area (Å²) in [5.41, 5.74) is 8.09. The first-order valence-corrected chi connectivity index (χ1v) is 10.5. The van der Waals surface area contributed by atoms with Gasteiger partial charge >= 0.3 is 20.6 Å². The average Bonchev–Trinajstić information content (AvgIpc) is 2.44. The Bertz CT molecular complexity index is 464. The molecule has 0 aliphatic carbocycles. The highest BCUT2D eigenvalue weighted by Crippen LogP contribution is 2.73. The van der Waals surface area contributed by atoms with Crippen molar-refractivity contribution >= 4 is 15.5 Å².